The lowest BCUT2D eigenvalue weighted by Gasteiger charge is -2.23. The summed E-state index contributed by atoms with van der Waals surface area (Å²) in [4.78, 5) is 3.81. The summed E-state index contributed by atoms with van der Waals surface area (Å²) in [5.74, 6) is -0.120. The Hall–Kier alpha value is -1.16. The standard InChI is InChI=1S/C10H12FNO2/c11-9-1-4-12-7-10(9)14-8-2-5-13-6-3-8/h1,4,7-8H,2-3,5-6H2. The predicted molar refractivity (Wildman–Crippen MR) is 48.7 cm³/mol. The van der Waals surface area contributed by atoms with Gasteiger partial charge in [0.1, 0.15) is 6.10 Å². The van der Waals surface area contributed by atoms with Gasteiger partial charge in [-0.05, 0) is 6.07 Å². The second-order valence-corrected chi connectivity index (χ2v) is 3.24. The van der Waals surface area contributed by atoms with Gasteiger partial charge in [0.05, 0.1) is 19.4 Å². The van der Waals surface area contributed by atoms with E-state index in [9.17, 15) is 4.39 Å². The Balaban J connectivity index is 1.99. The van der Waals surface area contributed by atoms with E-state index in [2.05, 4.69) is 4.98 Å². The second-order valence-electron chi connectivity index (χ2n) is 3.24. The summed E-state index contributed by atoms with van der Waals surface area (Å²) in [6, 6.07) is 1.30. The Bertz CT molecular complexity index is 300. The van der Waals surface area contributed by atoms with Crippen molar-refractivity contribution < 1.29 is 13.9 Å². The number of pyridine rings is 1. The summed E-state index contributed by atoms with van der Waals surface area (Å²) in [6.45, 7) is 1.37. The van der Waals surface area contributed by atoms with Crippen LogP contribution in [0.3, 0.4) is 0 Å². The third kappa shape index (κ3) is 2.20. The molecule has 0 amide bonds. The fourth-order valence-corrected chi connectivity index (χ4v) is 1.42. The molecule has 3 nitrogen and oxygen atoms in total. The van der Waals surface area contributed by atoms with Crippen LogP contribution in [-0.2, 0) is 4.74 Å². The van der Waals surface area contributed by atoms with Gasteiger partial charge >= 0.3 is 0 Å². The van der Waals surface area contributed by atoms with Crippen LogP contribution in [0, 0.1) is 5.82 Å². The topological polar surface area (TPSA) is 31.4 Å². The molecule has 1 saturated heterocycles. The average molecular weight is 197 g/mol. The van der Waals surface area contributed by atoms with Crippen LogP contribution in [0.15, 0.2) is 18.5 Å². The van der Waals surface area contributed by atoms with Gasteiger partial charge in [-0.25, -0.2) is 4.39 Å². The number of ether oxygens (including phenoxy) is 2. The number of hydrogen-bond acceptors (Lipinski definition) is 3. The van der Waals surface area contributed by atoms with E-state index in [1.54, 1.807) is 0 Å². The first-order valence-corrected chi connectivity index (χ1v) is 4.70. The summed E-state index contributed by atoms with van der Waals surface area (Å²) < 4.78 is 23.8. The smallest absolute Gasteiger partial charge is 0.173 e. The summed E-state index contributed by atoms with van der Waals surface area (Å²) >= 11 is 0. The molecule has 0 aliphatic carbocycles. The lowest BCUT2D eigenvalue weighted by molar-refractivity contribution is 0.0238. The Labute approximate surface area is 81.9 Å². The first-order valence-electron chi connectivity index (χ1n) is 4.70. The van der Waals surface area contributed by atoms with Gasteiger partial charge in [0, 0.05) is 19.0 Å². The van der Waals surface area contributed by atoms with E-state index in [-0.39, 0.29) is 17.7 Å². The van der Waals surface area contributed by atoms with Crippen LogP contribution in [-0.4, -0.2) is 24.3 Å². The van der Waals surface area contributed by atoms with E-state index in [0.717, 1.165) is 12.8 Å². The lowest BCUT2D eigenvalue weighted by atomic mass is 10.1. The van der Waals surface area contributed by atoms with Gasteiger partial charge in [-0.2, -0.15) is 0 Å². The van der Waals surface area contributed by atoms with E-state index in [4.69, 9.17) is 9.47 Å². The maximum Gasteiger partial charge on any atom is 0.173 e. The summed E-state index contributed by atoms with van der Waals surface area (Å²) in [5.41, 5.74) is 0. The van der Waals surface area contributed by atoms with Crippen LogP contribution in [0.5, 0.6) is 5.75 Å². The summed E-state index contributed by atoms with van der Waals surface area (Å²) in [7, 11) is 0. The van der Waals surface area contributed by atoms with Crippen molar-refractivity contribution in [1.82, 2.24) is 4.98 Å². The first-order chi connectivity index (χ1) is 6.86. The van der Waals surface area contributed by atoms with Gasteiger partial charge < -0.3 is 9.47 Å². The molecule has 1 fully saturated rings. The zero-order valence-electron chi connectivity index (χ0n) is 7.78. The normalized spacial score (nSPS) is 18.1. The van der Waals surface area contributed by atoms with Gasteiger partial charge in [-0.3, -0.25) is 4.98 Å². The Morgan fingerprint density at radius 2 is 2.21 bits per heavy atom. The maximum atomic E-state index is 13.1. The fourth-order valence-electron chi connectivity index (χ4n) is 1.42. The minimum atomic E-state index is -0.355. The van der Waals surface area contributed by atoms with Gasteiger partial charge in [0.2, 0.25) is 0 Å². The van der Waals surface area contributed by atoms with Crippen molar-refractivity contribution in [3.8, 4) is 5.75 Å². The zero-order chi connectivity index (χ0) is 9.80. The van der Waals surface area contributed by atoms with Gasteiger partial charge in [0.15, 0.2) is 11.6 Å². The van der Waals surface area contributed by atoms with Crippen molar-refractivity contribution in [2.24, 2.45) is 0 Å². The largest absolute Gasteiger partial charge is 0.486 e. The molecule has 1 aromatic rings. The Kier molecular flexibility index (Phi) is 2.93. The first kappa shape index (κ1) is 9.40. The van der Waals surface area contributed by atoms with E-state index in [1.807, 2.05) is 0 Å². The molecule has 14 heavy (non-hydrogen) atoms. The lowest BCUT2D eigenvalue weighted by Crippen LogP contribution is -2.26. The predicted octanol–water partition coefficient (Wildman–Crippen LogP) is 1.78. The molecule has 2 heterocycles. The third-order valence-electron chi connectivity index (χ3n) is 2.20. The fraction of sp³-hybridized carbons (Fsp3) is 0.500. The van der Waals surface area contributed by atoms with Crippen molar-refractivity contribution in [2.45, 2.75) is 18.9 Å². The maximum absolute atomic E-state index is 13.1. The highest BCUT2D eigenvalue weighted by Crippen LogP contribution is 2.19. The van der Waals surface area contributed by atoms with Gasteiger partial charge in [-0.15, -0.1) is 0 Å². The van der Waals surface area contributed by atoms with Gasteiger partial charge in [-0.1, -0.05) is 0 Å². The molecule has 76 valence electrons. The second kappa shape index (κ2) is 4.37. The number of rotatable bonds is 2. The quantitative estimate of drug-likeness (QED) is 0.724. The molecule has 1 aliphatic heterocycles. The molecule has 0 N–H and O–H groups in total. The summed E-state index contributed by atoms with van der Waals surface area (Å²) in [5, 5.41) is 0. The average Bonchev–Trinajstić information content (AvgIpc) is 2.23. The van der Waals surface area contributed by atoms with E-state index in [0.29, 0.717) is 13.2 Å². The SMILES string of the molecule is Fc1ccncc1OC1CCOCC1. The number of hydrogen-bond donors (Lipinski definition) is 0. The molecule has 0 saturated carbocycles. The van der Waals surface area contributed by atoms with Crippen LogP contribution >= 0.6 is 0 Å². The molecule has 0 bridgehead atoms. The Morgan fingerprint density at radius 1 is 1.43 bits per heavy atom. The van der Waals surface area contributed by atoms with E-state index >= 15 is 0 Å². The molecule has 1 aliphatic rings. The molecule has 0 unspecified atom stereocenters. The molecular formula is C10H12FNO2. The Morgan fingerprint density at radius 3 is 2.93 bits per heavy atom. The van der Waals surface area contributed by atoms with E-state index in [1.165, 1.54) is 18.5 Å². The van der Waals surface area contributed by atoms with Crippen molar-refractivity contribution in [2.75, 3.05) is 13.2 Å². The highest BCUT2D eigenvalue weighted by Gasteiger charge is 2.16. The summed E-state index contributed by atoms with van der Waals surface area (Å²) in [6.07, 6.45) is 4.50. The molecule has 0 radical (unpaired) electrons. The molecule has 2 rings (SSSR count). The van der Waals surface area contributed by atoms with Crippen molar-refractivity contribution in [3.05, 3.63) is 24.3 Å². The number of nitrogens with zero attached hydrogens (tertiary/aromatic N) is 1. The van der Waals surface area contributed by atoms with Crippen LogP contribution in [0.25, 0.3) is 0 Å². The molecular weight excluding hydrogens is 185 g/mol. The molecule has 0 spiro atoms. The van der Waals surface area contributed by atoms with Crippen molar-refractivity contribution >= 4 is 0 Å². The molecule has 4 heteroatoms. The molecule has 1 aromatic heterocycles. The van der Waals surface area contributed by atoms with Crippen LogP contribution in [0.2, 0.25) is 0 Å². The molecule has 0 aromatic carbocycles. The van der Waals surface area contributed by atoms with Crippen molar-refractivity contribution in [1.29, 1.82) is 0 Å². The molecule has 0 atom stereocenters. The van der Waals surface area contributed by atoms with Crippen LogP contribution in [0.4, 0.5) is 4.39 Å². The number of aromatic nitrogens is 1. The minimum absolute atomic E-state index is 0.0578. The van der Waals surface area contributed by atoms with Crippen LogP contribution < -0.4 is 4.74 Å². The highest BCUT2D eigenvalue weighted by molar-refractivity contribution is 5.18. The van der Waals surface area contributed by atoms with Gasteiger partial charge in [0.25, 0.3) is 0 Å². The third-order valence-corrected chi connectivity index (χ3v) is 2.20. The zero-order valence-corrected chi connectivity index (χ0v) is 7.78. The monoisotopic (exact) mass is 197 g/mol. The van der Waals surface area contributed by atoms with Crippen molar-refractivity contribution in [3.63, 3.8) is 0 Å². The number of halogens is 1. The van der Waals surface area contributed by atoms with E-state index < -0.39 is 0 Å². The minimum Gasteiger partial charge on any atom is -0.486 e. The van der Waals surface area contributed by atoms with Crippen LogP contribution in [0.1, 0.15) is 12.8 Å². The highest BCUT2D eigenvalue weighted by atomic mass is 19.1.